The van der Waals surface area contributed by atoms with E-state index in [2.05, 4.69) is 56.4 Å². The Morgan fingerprint density at radius 3 is 2.21 bits per heavy atom. The molecule has 0 bridgehead atoms. The molecule has 0 N–H and O–H groups in total. The van der Waals surface area contributed by atoms with Gasteiger partial charge in [0.2, 0.25) is 0 Å². The summed E-state index contributed by atoms with van der Waals surface area (Å²) in [5.41, 5.74) is 2.86. The van der Waals surface area contributed by atoms with Crippen LogP contribution in [0.1, 0.15) is 61.3 Å². The predicted octanol–water partition coefficient (Wildman–Crippen LogP) is 6.21. The van der Waals surface area contributed by atoms with Crippen molar-refractivity contribution in [2.45, 2.75) is 66.7 Å². The van der Waals surface area contributed by atoms with Gasteiger partial charge in [-0.25, -0.2) is 0 Å². The standard InChI is InChI=1S/C13H21NS.2C2H6/c1-5-7-8-9-12(6-2)13-14(4)11(3)10-15-13;2*1-2/h7-10,13H,5-6H2,1-4H3;2*1-2H3/b8-7-,12-9+;;. The van der Waals surface area contributed by atoms with Crippen LogP contribution in [0.15, 0.2) is 34.9 Å². The summed E-state index contributed by atoms with van der Waals surface area (Å²) in [6.45, 7) is 14.6. The lowest BCUT2D eigenvalue weighted by Crippen LogP contribution is -2.24. The molecule has 1 unspecified atom stereocenters. The average molecular weight is 284 g/mol. The van der Waals surface area contributed by atoms with Gasteiger partial charge in [0.05, 0.1) is 0 Å². The van der Waals surface area contributed by atoms with Crippen LogP contribution in [0.2, 0.25) is 0 Å². The molecule has 1 aliphatic heterocycles. The molecule has 0 aromatic rings. The fraction of sp³-hybridized carbons (Fsp3) is 0.647. The minimum absolute atomic E-state index is 0.511. The SMILES string of the molecule is CC.CC.CC/C=C\C=C(/CC)C1SC=C(C)N1C. The molecule has 1 heterocycles. The second kappa shape index (κ2) is 13.8. The van der Waals surface area contributed by atoms with Gasteiger partial charge in [-0.1, -0.05) is 59.8 Å². The molecule has 1 rings (SSSR count). The first kappa shape index (κ1) is 20.7. The topological polar surface area (TPSA) is 3.24 Å². The first-order valence-electron chi connectivity index (χ1n) is 7.61. The fourth-order valence-electron chi connectivity index (χ4n) is 1.56. The van der Waals surface area contributed by atoms with Gasteiger partial charge in [0.25, 0.3) is 0 Å². The highest BCUT2D eigenvalue weighted by molar-refractivity contribution is 8.03. The summed E-state index contributed by atoms with van der Waals surface area (Å²) in [6, 6.07) is 0. The van der Waals surface area contributed by atoms with Crippen molar-refractivity contribution in [1.29, 1.82) is 0 Å². The zero-order valence-corrected chi connectivity index (χ0v) is 15.0. The van der Waals surface area contributed by atoms with E-state index < -0.39 is 0 Å². The Labute approximate surface area is 125 Å². The number of hydrogen-bond donors (Lipinski definition) is 0. The molecule has 0 saturated heterocycles. The second-order valence-corrected chi connectivity index (χ2v) is 4.74. The zero-order valence-electron chi connectivity index (χ0n) is 14.2. The molecular formula is C17H33NS. The van der Waals surface area contributed by atoms with Crippen LogP contribution in [0.4, 0.5) is 0 Å². The van der Waals surface area contributed by atoms with Crippen molar-refractivity contribution in [3.63, 3.8) is 0 Å². The number of likely N-dealkylation sites (N-methyl/N-ethyl adjacent to an activating group) is 1. The highest BCUT2D eigenvalue weighted by atomic mass is 32.2. The van der Waals surface area contributed by atoms with Crippen LogP contribution >= 0.6 is 11.8 Å². The van der Waals surface area contributed by atoms with Gasteiger partial charge in [-0.2, -0.15) is 0 Å². The van der Waals surface area contributed by atoms with E-state index in [1.54, 1.807) is 0 Å². The Morgan fingerprint density at radius 1 is 1.26 bits per heavy atom. The normalized spacial score (nSPS) is 18.5. The van der Waals surface area contributed by atoms with Gasteiger partial charge in [-0.3, -0.25) is 0 Å². The second-order valence-electron chi connectivity index (χ2n) is 3.79. The molecule has 0 aromatic heterocycles. The van der Waals surface area contributed by atoms with E-state index in [9.17, 15) is 0 Å². The lowest BCUT2D eigenvalue weighted by atomic mass is 10.1. The summed E-state index contributed by atoms with van der Waals surface area (Å²) in [7, 11) is 2.17. The molecule has 19 heavy (non-hydrogen) atoms. The Hall–Kier alpha value is -0.630. The van der Waals surface area contributed by atoms with Gasteiger partial charge >= 0.3 is 0 Å². The van der Waals surface area contributed by atoms with E-state index >= 15 is 0 Å². The summed E-state index contributed by atoms with van der Waals surface area (Å²) >= 11 is 1.91. The number of hydrogen-bond acceptors (Lipinski definition) is 2. The zero-order chi connectivity index (χ0) is 15.3. The minimum atomic E-state index is 0.511. The van der Waals surface area contributed by atoms with Gasteiger partial charge in [0.1, 0.15) is 5.37 Å². The third kappa shape index (κ3) is 7.51. The molecule has 0 radical (unpaired) electrons. The van der Waals surface area contributed by atoms with Gasteiger partial charge in [0.15, 0.2) is 0 Å². The Morgan fingerprint density at radius 2 is 1.84 bits per heavy atom. The highest BCUT2D eigenvalue weighted by Gasteiger charge is 2.22. The lowest BCUT2D eigenvalue weighted by Gasteiger charge is -2.24. The maximum Gasteiger partial charge on any atom is 0.100 e. The van der Waals surface area contributed by atoms with Crippen molar-refractivity contribution in [3.05, 3.63) is 34.9 Å². The fourth-order valence-corrected chi connectivity index (χ4v) is 2.82. The maximum absolute atomic E-state index is 2.35. The smallest absolute Gasteiger partial charge is 0.100 e. The molecule has 1 nitrogen and oxygen atoms in total. The van der Waals surface area contributed by atoms with Crippen LogP contribution in [0.25, 0.3) is 0 Å². The Balaban J connectivity index is 0. The van der Waals surface area contributed by atoms with Crippen molar-refractivity contribution in [2.24, 2.45) is 0 Å². The van der Waals surface area contributed by atoms with Crippen molar-refractivity contribution in [1.82, 2.24) is 4.90 Å². The van der Waals surface area contributed by atoms with Crippen LogP contribution < -0.4 is 0 Å². The van der Waals surface area contributed by atoms with E-state index in [0.29, 0.717) is 5.37 Å². The highest BCUT2D eigenvalue weighted by Crippen LogP contribution is 2.34. The van der Waals surface area contributed by atoms with E-state index in [1.807, 2.05) is 39.5 Å². The van der Waals surface area contributed by atoms with E-state index in [-0.39, 0.29) is 0 Å². The molecule has 112 valence electrons. The molecule has 0 fully saturated rings. The summed E-state index contributed by atoms with van der Waals surface area (Å²) < 4.78 is 0. The largest absolute Gasteiger partial charge is 0.362 e. The number of nitrogens with zero attached hydrogens (tertiary/aromatic N) is 1. The van der Waals surface area contributed by atoms with Crippen LogP contribution in [-0.2, 0) is 0 Å². The van der Waals surface area contributed by atoms with Gasteiger partial charge in [0, 0.05) is 12.7 Å². The van der Waals surface area contributed by atoms with E-state index in [4.69, 9.17) is 0 Å². The molecule has 0 aliphatic carbocycles. The van der Waals surface area contributed by atoms with E-state index in [0.717, 1.165) is 12.8 Å². The van der Waals surface area contributed by atoms with Crippen molar-refractivity contribution >= 4 is 11.8 Å². The Kier molecular flexibility index (Phi) is 15.0. The molecule has 0 saturated carbocycles. The van der Waals surface area contributed by atoms with Crippen molar-refractivity contribution < 1.29 is 0 Å². The monoisotopic (exact) mass is 283 g/mol. The Bertz CT molecular complexity index is 290. The number of thioether (sulfide) groups is 1. The first-order chi connectivity index (χ1) is 9.20. The maximum atomic E-state index is 2.35. The third-order valence-corrected chi connectivity index (χ3v) is 4.04. The molecule has 0 aromatic carbocycles. The van der Waals surface area contributed by atoms with Crippen molar-refractivity contribution in [2.75, 3.05) is 7.05 Å². The van der Waals surface area contributed by atoms with Gasteiger partial charge in [-0.15, -0.1) is 11.8 Å². The van der Waals surface area contributed by atoms with Crippen molar-refractivity contribution in [3.8, 4) is 0 Å². The molecule has 0 spiro atoms. The van der Waals surface area contributed by atoms with Crippen LogP contribution in [0.3, 0.4) is 0 Å². The van der Waals surface area contributed by atoms with Crippen LogP contribution in [-0.4, -0.2) is 17.3 Å². The summed E-state index contributed by atoms with van der Waals surface area (Å²) in [4.78, 5) is 2.35. The number of rotatable bonds is 4. The third-order valence-electron chi connectivity index (χ3n) is 2.68. The first-order valence-corrected chi connectivity index (χ1v) is 8.55. The van der Waals surface area contributed by atoms with Crippen LogP contribution in [0, 0.1) is 0 Å². The molecule has 2 heteroatoms. The summed E-state index contributed by atoms with van der Waals surface area (Å²) in [5.74, 6) is 0. The molecule has 1 aliphatic rings. The number of allylic oxidation sites excluding steroid dienone is 4. The quantitative estimate of drug-likeness (QED) is 0.564. The van der Waals surface area contributed by atoms with Gasteiger partial charge < -0.3 is 4.90 Å². The minimum Gasteiger partial charge on any atom is -0.362 e. The molecule has 0 amide bonds. The lowest BCUT2D eigenvalue weighted by molar-refractivity contribution is 0.431. The van der Waals surface area contributed by atoms with Crippen LogP contribution in [0.5, 0.6) is 0 Å². The molecule has 1 atom stereocenters. The van der Waals surface area contributed by atoms with E-state index in [1.165, 1.54) is 11.3 Å². The average Bonchev–Trinajstić information content (AvgIpc) is 2.80. The summed E-state index contributed by atoms with van der Waals surface area (Å²) in [6.07, 6.45) is 8.89. The molecular weight excluding hydrogens is 250 g/mol. The predicted molar refractivity (Wildman–Crippen MR) is 93.4 cm³/mol. The van der Waals surface area contributed by atoms with Gasteiger partial charge in [-0.05, 0) is 30.7 Å². The summed E-state index contributed by atoms with van der Waals surface area (Å²) in [5, 5.41) is 2.76.